The molecule has 0 fully saturated rings. The molecule has 6 heteroatoms. The summed E-state index contributed by atoms with van der Waals surface area (Å²) in [5.41, 5.74) is 3.99. The Morgan fingerprint density at radius 2 is 1.89 bits per heavy atom. The predicted molar refractivity (Wildman–Crippen MR) is 104 cm³/mol. The molecule has 4 rings (SSSR count). The summed E-state index contributed by atoms with van der Waals surface area (Å²) in [6, 6.07) is 8.26. The van der Waals surface area contributed by atoms with Gasteiger partial charge in [-0.1, -0.05) is 32.4 Å². The standard InChI is InChI=1S/C21H21FN4O/c1-3-5-11-25-12-10-18-16(21(25)27)13-23-20-19(17(4-2)24-26(18)20)14-6-8-15(22)9-7-14/h6-10,12-13H,3-5,11H2,1-2H3. The van der Waals surface area contributed by atoms with E-state index in [1.165, 1.54) is 12.1 Å². The molecule has 0 aliphatic carbocycles. The second-order valence-corrected chi connectivity index (χ2v) is 6.64. The summed E-state index contributed by atoms with van der Waals surface area (Å²) in [5.74, 6) is -0.278. The monoisotopic (exact) mass is 364 g/mol. The fourth-order valence-electron chi connectivity index (χ4n) is 3.42. The Morgan fingerprint density at radius 3 is 2.59 bits per heavy atom. The number of hydrogen-bond acceptors (Lipinski definition) is 3. The maximum absolute atomic E-state index is 13.3. The van der Waals surface area contributed by atoms with Gasteiger partial charge in [-0.25, -0.2) is 13.9 Å². The van der Waals surface area contributed by atoms with E-state index >= 15 is 0 Å². The lowest BCUT2D eigenvalue weighted by Gasteiger charge is -2.07. The molecule has 0 spiro atoms. The van der Waals surface area contributed by atoms with Gasteiger partial charge in [-0.15, -0.1) is 0 Å². The zero-order chi connectivity index (χ0) is 19.0. The zero-order valence-electron chi connectivity index (χ0n) is 15.4. The number of aryl methyl sites for hydroxylation is 2. The minimum Gasteiger partial charge on any atom is -0.315 e. The number of unbranched alkanes of at least 4 members (excludes halogenated alkanes) is 1. The number of pyridine rings is 1. The summed E-state index contributed by atoms with van der Waals surface area (Å²) in [5, 5.41) is 5.26. The third kappa shape index (κ3) is 2.91. The third-order valence-corrected chi connectivity index (χ3v) is 4.88. The molecule has 4 aromatic rings. The van der Waals surface area contributed by atoms with Gasteiger partial charge in [-0.2, -0.15) is 5.10 Å². The molecule has 0 atom stereocenters. The van der Waals surface area contributed by atoms with Gasteiger partial charge in [0.25, 0.3) is 5.56 Å². The van der Waals surface area contributed by atoms with Crippen molar-refractivity contribution in [2.45, 2.75) is 39.7 Å². The van der Waals surface area contributed by atoms with Crippen LogP contribution in [0.1, 0.15) is 32.4 Å². The molecule has 0 N–H and O–H groups in total. The number of benzene rings is 1. The predicted octanol–water partition coefficient (Wildman–Crippen LogP) is 4.21. The first kappa shape index (κ1) is 17.4. The highest BCUT2D eigenvalue weighted by molar-refractivity contribution is 5.86. The van der Waals surface area contributed by atoms with Gasteiger partial charge in [0.05, 0.1) is 16.6 Å². The Hall–Kier alpha value is -3.02. The second-order valence-electron chi connectivity index (χ2n) is 6.64. The highest BCUT2D eigenvalue weighted by Crippen LogP contribution is 2.29. The van der Waals surface area contributed by atoms with Crippen molar-refractivity contribution >= 4 is 16.6 Å². The lowest BCUT2D eigenvalue weighted by Crippen LogP contribution is -2.20. The highest BCUT2D eigenvalue weighted by atomic mass is 19.1. The van der Waals surface area contributed by atoms with Crippen molar-refractivity contribution in [1.29, 1.82) is 0 Å². The topological polar surface area (TPSA) is 52.2 Å². The Bertz CT molecular complexity index is 1170. The third-order valence-electron chi connectivity index (χ3n) is 4.88. The molecule has 1 aromatic carbocycles. The van der Waals surface area contributed by atoms with Crippen LogP contribution in [0.5, 0.6) is 0 Å². The van der Waals surface area contributed by atoms with E-state index in [2.05, 4.69) is 11.9 Å². The summed E-state index contributed by atoms with van der Waals surface area (Å²) in [7, 11) is 0. The largest absolute Gasteiger partial charge is 0.315 e. The molecule has 0 aliphatic heterocycles. The molecule has 0 aliphatic rings. The molecular weight excluding hydrogens is 343 g/mol. The molecule has 0 saturated carbocycles. The van der Waals surface area contributed by atoms with Crippen LogP contribution >= 0.6 is 0 Å². The summed E-state index contributed by atoms with van der Waals surface area (Å²) < 4.78 is 16.8. The minimum absolute atomic E-state index is 0.0489. The minimum atomic E-state index is -0.278. The maximum Gasteiger partial charge on any atom is 0.261 e. The van der Waals surface area contributed by atoms with E-state index in [-0.39, 0.29) is 11.4 Å². The van der Waals surface area contributed by atoms with Crippen molar-refractivity contribution in [1.82, 2.24) is 19.2 Å². The van der Waals surface area contributed by atoms with Gasteiger partial charge in [0.1, 0.15) is 5.82 Å². The SMILES string of the molecule is CCCCn1ccc2c(cnc3c(-c4ccc(F)cc4)c(CC)nn32)c1=O. The maximum atomic E-state index is 13.3. The van der Waals surface area contributed by atoms with Gasteiger partial charge in [-0.3, -0.25) is 4.79 Å². The van der Waals surface area contributed by atoms with E-state index < -0.39 is 0 Å². The number of fused-ring (bicyclic) bond motifs is 3. The van der Waals surface area contributed by atoms with Crippen molar-refractivity contribution in [2.24, 2.45) is 0 Å². The molecule has 138 valence electrons. The van der Waals surface area contributed by atoms with Crippen LogP contribution in [-0.2, 0) is 13.0 Å². The van der Waals surface area contributed by atoms with Crippen LogP contribution in [0.3, 0.4) is 0 Å². The first-order chi connectivity index (χ1) is 13.1. The number of hydrogen-bond donors (Lipinski definition) is 0. The van der Waals surface area contributed by atoms with Crippen LogP contribution < -0.4 is 5.56 Å². The van der Waals surface area contributed by atoms with Gasteiger partial charge >= 0.3 is 0 Å². The lowest BCUT2D eigenvalue weighted by atomic mass is 10.0. The van der Waals surface area contributed by atoms with Gasteiger partial charge in [0, 0.05) is 24.5 Å². The van der Waals surface area contributed by atoms with Crippen molar-refractivity contribution in [3.8, 4) is 11.1 Å². The molecule has 0 amide bonds. The molecule has 0 unspecified atom stereocenters. The van der Waals surface area contributed by atoms with E-state index in [4.69, 9.17) is 5.10 Å². The van der Waals surface area contributed by atoms with Crippen LogP contribution in [-0.4, -0.2) is 19.2 Å². The first-order valence-electron chi connectivity index (χ1n) is 9.29. The van der Waals surface area contributed by atoms with Crippen LogP contribution in [0.4, 0.5) is 4.39 Å². The van der Waals surface area contributed by atoms with Crippen molar-refractivity contribution in [2.75, 3.05) is 0 Å². The Kier molecular flexibility index (Phi) is 4.48. The summed E-state index contributed by atoms with van der Waals surface area (Å²) in [6.45, 7) is 4.82. The molecule has 0 saturated heterocycles. The molecule has 0 bridgehead atoms. The van der Waals surface area contributed by atoms with E-state index in [9.17, 15) is 9.18 Å². The zero-order valence-corrected chi connectivity index (χ0v) is 15.4. The van der Waals surface area contributed by atoms with Crippen LogP contribution in [0.15, 0.2) is 47.5 Å². The number of halogens is 1. The highest BCUT2D eigenvalue weighted by Gasteiger charge is 2.17. The normalized spacial score (nSPS) is 11.5. The van der Waals surface area contributed by atoms with Gasteiger partial charge < -0.3 is 4.57 Å². The van der Waals surface area contributed by atoms with Crippen molar-refractivity contribution in [3.63, 3.8) is 0 Å². The number of aromatic nitrogens is 4. The fraction of sp³-hybridized carbons (Fsp3) is 0.286. The van der Waals surface area contributed by atoms with Gasteiger partial charge in [0.15, 0.2) is 5.65 Å². The Labute approximate surface area is 156 Å². The average Bonchev–Trinajstić information content (AvgIpc) is 3.07. The van der Waals surface area contributed by atoms with E-state index in [0.717, 1.165) is 35.2 Å². The second kappa shape index (κ2) is 6.95. The Morgan fingerprint density at radius 1 is 1.11 bits per heavy atom. The molecular formula is C21H21FN4O. The first-order valence-corrected chi connectivity index (χ1v) is 9.29. The van der Waals surface area contributed by atoms with E-state index in [1.54, 1.807) is 27.4 Å². The molecule has 3 heterocycles. The van der Waals surface area contributed by atoms with Gasteiger partial charge in [-0.05, 0) is 36.6 Å². The molecule has 3 aromatic heterocycles. The summed E-state index contributed by atoms with van der Waals surface area (Å²) in [4.78, 5) is 17.3. The lowest BCUT2D eigenvalue weighted by molar-refractivity contribution is 0.616. The number of rotatable bonds is 5. The molecule has 27 heavy (non-hydrogen) atoms. The number of nitrogens with zero attached hydrogens (tertiary/aromatic N) is 4. The Balaban J connectivity index is 1.97. The fourth-order valence-corrected chi connectivity index (χ4v) is 3.42. The molecule has 5 nitrogen and oxygen atoms in total. The van der Waals surface area contributed by atoms with E-state index in [0.29, 0.717) is 24.0 Å². The van der Waals surface area contributed by atoms with E-state index in [1.807, 2.05) is 19.2 Å². The smallest absolute Gasteiger partial charge is 0.261 e. The summed E-state index contributed by atoms with van der Waals surface area (Å²) in [6.07, 6.45) is 6.15. The van der Waals surface area contributed by atoms with Crippen molar-refractivity contribution in [3.05, 3.63) is 64.6 Å². The van der Waals surface area contributed by atoms with Crippen LogP contribution in [0.25, 0.3) is 27.7 Å². The van der Waals surface area contributed by atoms with Gasteiger partial charge in [0.2, 0.25) is 0 Å². The average molecular weight is 364 g/mol. The molecule has 0 radical (unpaired) electrons. The quantitative estimate of drug-likeness (QED) is 0.533. The van der Waals surface area contributed by atoms with Crippen LogP contribution in [0.2, 0.25) is 0 Å². The van der Waals surface area contributed by atoms with Crippen molar-refractivity contribution < 1.29 is 4.39 Å². The van der Waals surface area contributed by atoms with Crippen LogP contribution in [0, 0.1) is 5.82 Å². The summed E-state index contributed by atoms with van der Waals surface area (Å²) >= 11 is 0.